The van der Waals surface area contributed by atoms with Gasteiger partial charge >= 0.3 is 53.0 Å². The van der Waals surface area contributed by atoms with Crippen LogP contribution < -0.4 is 0 Å². The Morgan fingerprint density at radius 3 is 2.57 bits per heavy atom. The van der Waals surface area contributed by atoms with Gasteiger partial charge in [-0.2, -0.15) is 0 Å². The topological polar surface area (TPSA) is 0 Å². The van der Waals surface area contributed by atoms with E-state index in [2.05, 4.69) is 21.5 Å². The zero-order valence-electron chi connectivity index (χ0n) is 5.02. The van der Waals surface area contributed by atoms with E-state index in [4.69, 9.17) is 0 Å². The van der Waals surface area contributed by atoms with Gasteiger partial charge in [-0.1, -0.05) is 0 Å². The molecule has 0 fully saturated rings. The van der Waals surface area contributed by atoms with Crippen LogP contribution in [0.4, 0.5) is 0 Å². The van der Waals surface area contributed by atoms with Crippen molar-refractivity contribution in [2.24, 2.45) is 0 Å². The van der Waals surface area contributed by atoms with Gasteiger partial charge in [-0.15, -0.1) is 0 Å². The molecule has 1 rings (SSSR count). The van der Waals surface area contributed by atoms with Crippen LogP contribution in [0.3, 0.4) is 0 Å². The van der Waals surface area contributed by atoms with E-state index < -0.39 is 21.4 Å². The van der Waals surface area contributed by atoms with E-state index in [0.717, 1.165) is 3.67 Å². The molecule has 0 amide bonds. The molecule has 0 radical (unpaired) electrons. The van der Waals surface area contributed by atoms with Crippen LogP contribution in [0.5, 0.6) is 0 Å². The van der Waals surface area contributed by atoms with Gasteiger partial charge in [0.05, 0.1) is 0 Å². The molecule has 0 spiro atoms. The van der Waals surface area contributed by atoms with Crippen LogP contribution in [0.15, 0.2) is 9.91 Å². The first-order valence-corrected chi connectivity index (χ1v) is 10.1. The average molecular weight is 198 g/mol. The van der Waals surface area contributed by atoms with Gasteiger partial charge in [0.25, 0.3) is 0 Å². The molecule has 0 aliphatic carbocycles. The molecule has 1 unspecified atom stereocenters. The van der Waals surface area contributed by atoms with Gasteiger partial charge in [0.15, 0.2) is 0 Å². The van der Waals surface area contributed by atoms with Crippen molar-refractivity contribution >= 4 is 21.4 Å². The zero-order valence-corrected chi connectivity index (χ0v) is 8.31. The summed E-state index contributed by atoms with van der Waals surface area (Å²) in [4.78, 5) is 0. The second-order valence-corrected chi connectivity index (χ2v) is 11.8. The molecule has 1 aliphatic rings. The van der Waals surface area contributed by atoms with E-state index in [0.29, 0.717) is 0 Å². The van der Waals surface area contributed by atoms with Crippen molar-refractivity contribution in [3.05, 3.63) is 9.91 Å². The predicted octanol–water partition coefficient (Wildman–Crippen LogP) is 2.00. The van der Waals surface area contributed by atoms with Crippen molar-refractivity contribution in [3.8, 4) is 0 Å². The van der Waals surface area contributed by atoms with Crippen LogP contribution in [0.1, 0.15) is 13.3 Å². The molecule has 0 saturated heterocycles. The van der Waals surface area contributed by atoms with Gasteiger partial charge in [-0.05, 0) is 0 Å². The number of rotatable bonds is 0. The molecule has 1 atom stereocenters. The van der Waals surface area contributed by atoms with Crippen LogP contribution in [0.2, 0.25) is 8.35 Å². The zero-order chi connectivity index (χ0) is 5.28. The van der Waals surface area contributed by atoms with Gasteiger partial charge in [0.2, 0.25) is 0 Å². The SMILES string of the molecule is C[CH]1CC=[CH][In]1[CH3]. The molecule has 0 aromatic rings. The minimum atomic E-state index is -0.917. The molecule has 0 nitrogen and oxygen atoms in total. The Kier molecular flexibility index (Phi) is 1.85. The maximum atomic E-state index is 2.51. The Balaban J connectivity index is 2.45. The fourth-order valence-electron chi connectivity index (χ4n) is 0.912. The van der Waals surface area contributed by atoms with Crippen LogP contribution >= 0.6 is 0 Å². The first kappa shape index (κ1) is 5.74. The van der Waals surface area contributed by atoms with Gasteiger partial charge in [-0.3, -0.25) is 0 Å². The van der Waals surface area contributed by atoms with Crippen molar-refractivity contribution in [2.45, 2.75) is 21.7 Å². The summed E-state index contributed by atoms with van der Waals surface area (Å²) in [5, 5.41) is 0. The van der Waals surface area contributed by atoms with Gasteiger partial charge < -0.3 is 0 Å². The summed E-state index contributed by atoms with van der Waals surface area (Å²) in [5.41, 5.74) is 0. The fourth-order valence-corrected chi connectivity index (χ4v) is 5.34. The molecule has 1 aliphatic heterocycles. The van der Waals surface area contributed by atoms with Gasteiger partial charge in [-0.25, -0.2) is 0 Å². The Morgan fingerprint density at radius 2 is 2.43 bits per heavy atom. The molecule has 7 heavy (non-hydrogen) atoms. The van der Waals surface area contributed by atoms with Crippen molar-refractivity contribution < 1.29 is 0 Å². The molecule has 0 aromatic carbocycles. The van der Waals surface area contributed by atoms with Crippen molar-refractivity contribution in [3.63, 3.8) is 0 Å². The molecular formula is C6H11In. The van der Waals surface area contributed by atoms with Crippen LogP contribution in [0, 0.1) is 0 Å². The average Bonchev–Trinajstić information content (AvgIpc) is 1.91. The fraction of sp³-hybridized carbons (Fsp3) is 0.667. The number of allylic oxidation sites excluding steroid dienone is 1. The first-order valence-electron chi connectivity index (χ1n) is 2.97. The van der Waals surface area contributed by atoms with Gasteiger partial charge in [0, 0.05) is 0 Å². The summed E-state index contributed by atoms with van der Waals surface area (Å²) in [7, 11) is 0. The molecule has 0 saturated carbocycles. The summed E-state index contributed by atoms with van der Waals surface area (Å²) in [6, 6.07) is 0. The van der Waals surface area contributed by atoms with Gasteiger partial charge in [0.1, 0.15) is 0 Å². The van der Waals surface area contributed by atoms with E-state index >= 15 is 0 Å². The Labute approximate surface area is 53.1 Å². The van der Waals surface area contributed by atoms with E-state index in [1.807, 2.05) is 0 Å². The van der Waals surface area contributed by atoms with Crippen LogP contribution in [0.25, 0.3) is 0 Å². The third-order valence-corrected chi connectivity index (χ3v) is 10.3. The summed E-state index contributed by atoms with van der Waals surface area (Å²) >= 11 is -0.917. The molecular weight excluding hydrogens is 187 g/mol. The third kappa shape index (κ3) is 1.25. The van der Waals surface area contributed by atoms with E-state index in [-0.39, 0.29) is 0 Å². The van der Waals surface area contributed by atoms with Crippen LogP contribution in [-0.2, 0) is 0 Å². The third-order valence-electron chi connectivity index (χ3n) is 1.85. The van der Waals surface area contributed by atoms with Crippen molar-refractivity contribution in [2.75, 3.05) is 0 Å². The second-order valence-electron chi connectivity index (χ2n) is 2.50. The first-order chi connectivity index (χ1) is 3.30. The Bertz CT molecular complexity index is 86.2. The Morgan fingerprint density at radius 1 is 1.71 bits per heavy atom. The molecule has 0 N–H and O–H groups in total. The molecule has 0 aromatic heterocycles. The predicted molar refractivity (Wildman–Crippen MR) is 34.8 cm³/mol. The summed E-state index contributed by atoms with van der Waals surface area (Å²) in [6.07, 6.45) is 3.75. The summed E-state index contributed by atoms with van der Waals surface area (Å²) < 4.78 is 6.10. The van der Waals surface area contributed by atoms with Crippen molar-refractivity contribution in [1.82, 2.24) is 0 Å². The van der Waals surface area contributed by atoms with Crippen molar-refractivity contribution in [1.29, 1.82) is 0 Å². The number of hydrogen-bond donors (Lipinski definition) is 0. The van der Waals surface area contributed by atoms with E-state index in [1.54, 1.807) is 0 Å². The quantitative estimate of drug-likeness (QED) is 0.558. The van der Waals surface area contributed by atoms with E-state index in [9.17, 15) is 0 Å². The molecule has 1 heterocycles. The second kappa shape index (κ2) is 2.25. The number of hydrogen-bond acceptors (Lipinski definition) is 0. The molecule has 1 heteroatoms. The van der Waals surface area contributed by atoms with Crippen LogP contribution in [-0.4, -0.2) is 21.4 Å². The minimum absolute atomic E-state index is 0.917. The van der Waals surface area contributed by atoms with E-state index in [1.165, 1.54) is 6.42 Å². The molecule has 38 valence electrons. The summed E-state index contributed by atoms with van der Waals surface area (Å²) in [6.45, 7) is 2.39. The Hall–Kier alpha value is 0.610. The normalized spacial score (nSPS) is 29.4. The molecule has 0 bridgehead atoms. The monoisotopic (exact) mass is 198 g/mol. The standard InChI is InChI=1S/C5H8.CH3.In/c1-3-5-4-2;;/h1,3-4H,5H2,2H3;1H3;. The maximum absolute atomic E-state index is 2.51. The summed E-state index contributed by atoms with van der Waals surface area (Å²) in [5.74, 6) is 0.